The Bertz CT molecular complexity index is 1320. The van der Waals surface area contributed by atoms with Crippen LogP contribution in [0.15, 0.2) is 30.7 Å². The molecule has 0 bridgehead atoms. The van der Waals surface area contributed by atoms with Gasteiger partial charge in [0, 0.05) is 35.1 Å². The van der Waals surface area contributed by atoms with Crippen molar-refractivity contribution in [2.24, 2.45) is 0 Å². The number of nitrogen functional groups attached to an aromatic ring is 1. The van der Waals surface area contributed by atoms with Crippen molar-refractivity contribution < 1.29 is 4.74 Å². The summed E-state index contributed by atoms with van der Waals surface area (Å²) in [5.41, 5.74) is 13.3. The molecule has 1 aromatic carbocycles. The molecule has 4 aromatic rings. The van der Waals surface area contributed by atoms with Crippen LogP contribution in [0.5, 0.6) is 5.75 Å². The zero-order valence-corrected chi connectivity index (χ0v) is 19.5. The van der Waals surface area contributed by atoms with Crippen molar-refractivity contribution in [1.82, 2.24) is 19.9 Å². The highest BCUT2D eigenvalue weighted by atomic mass is 32.1. The molecule has 0 amide bonds. The summed E-state index contributed by atoms with van der Waals surface area (Å²) in [5, 5.41) is 0.535. The van der Waals surface area contributed by atoms with E-state index in [0.29, 0.717) is 17.7 Å². The Labute approximate surface area is 191 Å². The molecule has 3 aromatic heterocycles. The average molecular weight is 447 g/mol. The van der Waals surface area contributed by atoms with Crippen molar-refractivity contribution in [2.45, 2.75) is 40.2 Å². The van der Waals surface area contributed by atoms with Crippen LogP contribution in [0, 0.1) is 13.8 Å². The number of hydrogen-bond acceptors (Lipinski definition) is 8. The van der Waals surface area contributed by atoms with Gasteiger partial charge in [0.25, 0.3) is 0 Å². The molecular weight excluding hydrogens is 420 g/mol. The summed E-state index contributed by atoms with van der Waals surface area (Å²) in [6.45, 7) is 10.6. The number of fused-ring (bicyclic) bond motifs is 2. The van der Waals surface area contributed by atoms with Gasteiger partial charge in [0.1, 0.15) is 34.8 Å². The fourth-order valence-corrected chi connectivity index (χ4v) is 5.11. The number of aromatic nitrogens is 4. The quantitative estimate of drug-likeness (QED) is 0.480. The van der Waals surface area contributed by atoms with Gasteiger partial charge in [-0.1, -0.05) is 25.2 Å². The molecule has 0 saturated carbocycles. The van der Waals surface area contributed by atoms with Crippen molar-refractivity contribution in [3.63, 3.8) is 0 Å². The van der Waals surface area contributed by atoms with E-state index in [1.54, 1.807) is 6.33 Å². The highest BCUT2D eigenvalue weighted by Crippen LogP contribution is 2.36. The monoisotopic (exact) mass is 446 g/mol. The average Bonchev–Trinajstić information content (AvgIpc) is 2.98. The molecule has 0 unspecified atom stereocenters. The molecule has 4 heterocycles. The first-order chi connectivity index (χ1) is 15.4. The maximum absolute atomic E-state index is 6.20. The van der Waals surface area contributed by atoms with Gasteiger partial charge in [0.15, 0.2) is 5.13 Å². The van der Waals surface area contributed by atoms with Crippen molar-refractivity contribution in [3.8, 4) is 16.9 Å². The minimum absolute atomic E-state index is 0.339. The predicted molar refractivity (Wildman–Crippen MR) is 129 cm³/mol. The van der Waals surface area contributed by atoms with Crippen LogP contribution in [0.4, 0.5) is 10.9 Å². The Morgan fingerprint density at radius 3 is 2.75 bits per heavy atom. The van der Waals surface area contributed by atoms with Crippen LogP contribution < -0.4 is 15.4 Å². The first-order valence-electron chi connectivity index (χ1n) is 10.8. The van der Waals surface area contributed by atoms with Crippen LogP contribution in [-0.2, 0) is 6.54 Å². The Balaban J connectivity index is 1.57. The number of hydrogen-bond donors (Lipinski definition) is 1. The van der Waals surface area contributed by atoms with Gasteiger partial charge in [-0.3, -0.25) is 0 Å². The Kier molecular flexibility index (Phi) is 5.17. The van der Waals surface area contributed by atoms with Gasteiger partial charge in [0.2, 0.25) is 0 Å². The minimum atomic E-state index is 0.339. The summed E-state index contributed by atoms with van der Waals surface area (Å²) in [7, 11) is 0. The predicted octanol–water partition coefficient (Wildman–Crippen LogP) is 4.87. The van der Waals surface area contributed by atoms with Gasteiger partial charge in [-0.15, -0.1) is 0 Å². The largest absolute Gasteiger partial charge is 0.491 e. The summed E-state index contributed by atoms with van der Waals surface area (Å²) >= 11 is 1.40. The molecule has 0 aliphatic carbocycles. The molecule has 1 aliphatic rings. The van der Waals surface area contributed by atoms with E-state index in [0.717, 1.165) is 63.0 Å². The number of nitrogens with zero attached hydrogens (tertiary/aromatic N) is 5. The van der Waals surface area contributed by atoms with Gasteiger partial charge in [-0.05, 0) is 49.1 Å². The van der Waals surface area contributed by atoms with Crippen molar-refractivity contribution in [2.75, 3.05) is 23.8 Å². The Hall–Kier alpha value is -3.26. The van der Waals surface area contributed by atoms with Crippen LogP contribution >= 0.6 is 11.3 Å². The molecule has 2 N–H and O–H groups in total. The molecule has 5 rings (SSSR count). The van der Waals surface area contributed by atoms with E-state index in [1.807, 2.05) is 6.20 Å². The van der Waals surface area contributed by atoms with E-state index in [2.05, 4.69) is 70.7 Å². The minimum Gasteiger partial charge on any atom is -0.491 e. The molecule has 0 radical (unpaired) electrons. The number of pyridine rings is 1. The maximum atomic E-state index is 6.20. The van der Waals surface area contributed by atoms with Crippen LogP contribution in [0.3, 0.4) is 0 Å². The highest BCUT2D eigenvalue weighted by Gasteiger charge is 2.23. The van der Waals surface area contributed by atoms with Gasteiger partial charge in [-0.25, -0.2) is 19.9 Å². The van der Waals surface area contributed by atoms with E-state index >= 15 is 0 Å². The van der Waals surface area contributed by atoms with Crippen molar-refractivity contribution in [3.05, 3.63) is 53.1 Å². The summed E-state index contributed by atoms with van der Waals surface area (Å²) in [6.07, 6.45) is 3.55. The van der Waals surface area contributed by atoms with Gasteiger partial charge in [-0.2, -0.15) is 0 Å². The summed E-state index contributed by atoms with van der Waals surface area (Å²) in [5.74, 6) is 2.29. The zero-order chi connectivity index (χ0) is 22.4. The van der Waals surface area contributed by atoms with E-state index < -0.39 is 0 Å². The number of thiazole rings is 1. The standard InChI is InChI=1S/C24H26N6OS/c1-13(2)20-15(4)27-12-28-22(20)30-5-6-31-21-14(3)7-16(8-18(21)11-30)17-9-19-23(26-10-17)32-24(25)29-19/h7-10,12-13H,5-6,11H2,1-4H3,(H2,25,29). The van der Waals surface area contributed by atoms with Gasteiger partial charge in [0.05, 0.1) is 6.54 Å². The molecule has 164 valence electrons. The lowest BCUT2D eigenvalue weighted by atomic mass is 9.99. The highest BCUT2D eigenvalue weighted by molar-refractivity contribution is 7.21. The second-order valence-electron chi connectivity index (χ2n) is 8.50. The number of aryl methyl sites for hydroxylation is 2. The third kappa shape index (κ3) is 3.64. The van der Waals surface area contributed by atoms with Gasteiger partial charge >= 0.3 is 0 Å². The van der Waals surface area contributed by atoms with Crippen molar-refractivity contribution in [1.29, 1.82) is 0 Å². The first-order valence-corrected chi connectivity index (χ1v) is 11.6. The third-order valence-electron chi connectivity index (χ3n) is 5.86. The van der Waals surface area contributed by atoms with E-state index in [9.17, 15) is 0 Å². The second-order valence-corrected chi connectivity index (χ2v) is 9.51. The second kappa shape index (κ2) is 8.02. The molecule has 0 saturated heterocycles. The number of benzene rings is 1. The van der Waals surface area contributed by atoms with Crippen LogP contribution in [-0.4, -0.2) is 33.1 Å². The van der Waals surface area contributed by atoms with Crippen molar-refractivity contribution >= 4 is 32.6 Å². The van der Waals surface area contributed by atoms with Crippen LogP contribution in [0.2, 0.25) is 0 Å². The zero-order valence-electron chi connectivity index (χ0n) is 18.7. The maximum Gasteiger partial charge on any atom is 0.182 e. The topological polar surface area (TPSA) is 90.0 Å². The molecule has 0 spiro atoms. The van der Waals surface area contributed by atoms with E-state index in [4.69, 9.17) is 10.5 Å². The normalized spacial score (nSPS) is 13.8. The molecular formula is C24H26N6OS. The molecule has 1 aliphatic heterocycles. The first kappa shape index (κ1) is 20.6. The van der Waals surface area contributed by atoms with E-state index in [-0.39, 0.29) is 0 Å². The third-order valence-corrected chi connectivity index (χ3v) is 6.67. The van der Waals surface area contributed by atoms with E-state index in [1.165, 1.54) is 16.9 Å². The van der Waals surface area contributed by atoms with Crippen LogP contribution in [0.25, 0.3) is 21.5 Å². The SMILES string of the molecule is Cc1cc(-c2cnc3sc(N)nc3c2)cc2c1OCCN(c1ncnc(C)c1C(C)C)C2. The summed E-state index contributed by atoms with van der Waals surface area (Å²) in [4.78, 5) is 21.2. The number of ether oxygens (including phenoxy) is 1. The fraction of sp³-hybridized carbons (Fsp3) is 0.333. The molecule has 8 heteroatoms. The smallest absolute Gasteiger partial charge is 0.182 e. The molecule has 0 fully saturated rings. The summed E-state index contributed by atoms with van der Waals surface area (Å²) in [6, 6.07) is 6.40. The molecule has 7 nitrogen and oxygen atoms in total. The lowest BCUT2D eigenvalue weighted by Crippen LogP contribution is -2.28. The number of anilines is 2. The molecule has 32 heavy (non-hydrogen) atoms. The number of rotatable bonds is 3. The lowest BCUT2D eigenvalue weighted by Gasteiger charge is -2.25. The Morgan fingerprint density at radius 2 is 1.94 bits per heavy atom. The molecule has 0 atom stereocenters. The fourth-order valence-electron chi connectivity index (χ4n) is 4.46. The number of nitrogens with two attached hydrogens (primary N) is 1. The Morgan fingerprint density at radius 1 is 1.09 bits per heavy atom. The lowest BCUT2D eigenvalue weighted by molar-refractivity contribution is 0.329. The summed E-state index contributed by atoms with van der Waals surface area (Å²) < 4.78 is 6.20. The van der Waals surface area contributed by atoms with Gasteiger partial charge < -0.3 is 15.4 Å². The van der Waals surface area contributed by atoms with Crippen LogP contribution in [0.1, 0.15) is 42.1 Å².